The molecule has 1 heterocycles. The second-order valence-electron chi connectivity index (χ2n) is 6.63. The van der Waals surface area contributed by atoms with E-state index < -0.39 is 0 Å². The smallest absolute Gasteiger partial charge is 0.227 e. The second-order valence-corrected chi connectivity index (χ2v) is 6.63. The summed E-state index contributed by atoms with van der Waals surface area (Å²) in [4.78, 5) is 17.2. The molecule has 1 saturated heterocycles. The summed E-state index contributed by atoms with van der Waals surface area (Å²) in [5, 5.41) is 0. The molecule has 0 radical (unpaired) electrons. The van der Waals surface area contributed by atoms with Crippen LogP contribution < -0.4 is 5.73 Å². The molecule has 0 aromatic heterocycles. The normalized spacial score (nSPS) is 21.0. The van der Waals surface area contributed by atoms with Crippen molar-refractivity contribution in [3.8, 4) is 0 Å². The first kappa shape index (κ1) is 15.3. The first-order valence-electron chi connectivity index (χ1n) is 8.58. The zero-order chi connectivity index (χ0) is 15.4. The summed E-state index contributed by atoms with van der Waals surface area (Å²) in [7, 11) is 0. The van der Waals surface area contributed by atoms with Crippen molar-refractivity contribution in [1.82, 2.24) is 9.80 Å². The number of nitrogens with zero attached hydrogens (tertiary/aromatic N) is 2. The van der Waals surface area contributed by atoms with Gasteiger partial charge in [0.15, 0.2) is 0 Å². The van der Waals surface area contributed by atoms with Crippen LogP contribution >= 0.6 is 0 Å². The second kappa shape index (κ2) is 7.14. The Labute approximate surface area is 133 Å². The molecule has 2 fully saturated rings. The number of hydrogen-bond donors (Lipinski definition) is 1. The van der Waals surface area contributed by atoms with Crippen molar-refractivity contribution in [2.75, 3.05) is 31.9 Å². The highest BCUT2D eigenvalue weighted by Crippen LogP contribution is 2.24. The van der Waals surface area contributed by atoms with E-state index in [4.69, 9.17) is 5.73 Å². The molecule has 1 aromatic carbocycles. The predicted octanol–water partition coefficient (Wildman–Crippen LogP) is 2.29. The van der Waals surface area contributed by atoms with Gasteiger partial charge in [0.25, 0.3) is 0 Å². The summed E-state index contributed by atoms with van der Waals surface area (Å²) in [6, 6.07) is 8.41. The van der Waals surface area contributed by atoms with Crippen LogP contribution in [0.4, 0.5) is 5.69 Å². The van der Waals surface area contributed by atoms with Crippen molar-refractivity contribution in [1.29, 1.82) is 0 Å². The highest BCUT2D eigenvalue weighted by Gasteiger charge is 2.26. The number of anilines is 1. The van der Waals surface area contributed by atoms with Crippen LogP contribution in [0.3, 0.4) is 0 Å². The lowest BCUT2D eigenvalue weighted by atomic mass is 10.1. The van der Waals surface area contributed by atoms with Crippen molar-refractivity contribution in [2.24, 2.45) is 0 Å². The van der Waals surface area contributed by atoms with Crippen molar-refractivity contribution in [2.45, 2.75) is 44.6 Å². The Hall–Kier alpha value is -1.55. The number of nitrogens with two attached hydrogens (primary N) is 1. The van der Waals surface area contributed by atoms with Crippen LogP contribution in [0.2, 0.25) is 0 Å². The fourth-order valence-electron chi connectivity index (χ4n) is 3.74. The third kappa shape index (κ3) is 3.80. The lowest BCUT2D eigenvalue weighted by molar-refractivity contribution is -0.130. The zero-order valence-corrected chi connectivity index (χ0v) is 13.3. The molecule has 1 aliphatic heterocycles. The van der Waals surface area contributed by atoms with Gasteiger partial charge in [-0.15, -0.1) is 0 Å². The molecular formula is C18H27N3O. The predicted molar refractivity (Wildman–Crippen MR) is 89.6 cm³/mol. The van der Waals surface area contributed by atoms with E-state index >= 15 is 0 Å². The first-order chi connectivity index (χ1) is 10.7. The maximum absolute atomic E-state index is 12.5. The molecule has 1 saturated carbocycles. The molecule has 1 aliphatic carbocycles. The van der Waals surface area contributed by atoms with Gasteiger partial charge in [-0.25, -0.2) is 0 Å². The third-order valence-corrected chi connectivity index (χ3v) is 5.06. The standard InChI is InChI=1S/C18H27N3O/c19-16-8-6-15(7-9-16)14-18(22)21-11-3-10-20(12-13-21)17-4-1-2-5-17/h6-9,17H,1-5,10-14,19H2. The van der Waals surface area contributed by atoms with Gasteiger partial charge in [0.05, 0.1) is 6.42 Å². The maximum atomic E-state index is 12.5. The summed E-state index contributed by atoms with van der Waals surface area (Å²) < 4.78 is 0. The molecule has 0 atom stereocenters. The van der Waals surface area contributed by atoms with Gasteiger partial charge in [-0.05, 0) is 37.0 Å². The topological polar surface area (TPSA) is 49.6 Å². The minimum absolute atomic E-state index is 0.248. The molecule has 4 heteroatoms. The van der Waals surface area contributed by atoms with E-state index in [2.05, 4.69) is 4.90 Å². The Bertz CT molecular complexity index is 494. The summed E-state index contributed by atoms with van der Waals surface area (Å²) in [6.45, 7) is 3.97. The Kier molecular flexibility index (Phi) is 4.98. The van der Waals surface area contributed by atoms with Crippen molar-refractivity contribution < 1.29 is 4.79 Å². The quantitative estimate of drug-likeness (QED) is 0.872. The van der Waals surface area contributed by atoms with E-state index in [1.807, 2.05) is 29.2 Å². The number of hydrogen-bond acceptors (Lipinski definition) is 3. The lowest BCUT2D eigenvalue weighted by Gasteiger charge is -2.27. The van der Waals surface area contributed by atoms with Crippen LogP contribution in [-0.4, -0.2) is 47.9 Å². The van der Waals surface area contributed by atoms with Gasteiger partial charge in [0.1, 0.15) is 0 Å². The number of amides is 1. The van der Waals surface area contributed by atoms with E-state index in [9.17, 15) is 4.79 Å². The number of benzene rings is 1. The van der Waals surface area contributed by atoms with Crippen molar-refractivity contribution in [3.05, 3.63) is 29.8 Å². The monoisotopic (exact) mass is 301 g/mol. The first-order valence-corrected chi connectivity index (χ1v) is 8.58. The number of rotatable bonds is 3. The Morgan fingerprint density at radius 1 is 1.00 bits per heavy atom. The van der Waals surface area contributed by atoms with Crippen LogP contribution in [0.5, 0.6) is 0 Å². The van der Waals surface area contributed by atoms with Crippen LogP contribution in [-0.2, 0) is 11.2 Å². The summed E-state index contributed by atoms with van der Waals surface area (Å²) in [5.41, 5.74) is 7.50. The number of carbonyl (C=O) groups is 1. The van der Waals surface area contributed by atoms with E-state index in [0.717, 1.165) is 49.9 Å². The van der Waals surface area contributed by atoms with Gasteiger partial charge in [0, 0.05) is 37.9 Å². The van der Waals surface area contributed by atoms with Crippen LogP contribution in [0, 0.1) is 0 Å². The minimum atomic E-state index is 0.248. The van der Waals surface area contributed by atoms with E-state index in [1.165, 1.54) is 25.7 Å². The van der Waals surface area contributed by atoms with Crippen LogP contribution in [0.1, 0.15) is 37.7 Å². The third-order valence-electron chi connectivity index (χ3n) is 5.06. The fraction of sp³-hybridized carbons (Fsp3) is 0.611. The largest absolute Gasteiger partial charge is 0.399 e. The van der Waals surface area contributed by atoms with Crippen molar-refractivity contribution >= 4 is 11.6 Å². The fourth-order valence-corrected chi connectivity index (χ4v) is 3.74. The highest BCUT2D eigenvalue weighted by molar-refractivity contribution is 5.79. The van der Waals surface area contributed by atoms with Gasteiger partial charge in [-0.1, -0.05) is 25.0 Å². The number of carbonyl (C=O) groups excluding carboxylic acids is 1. The van der Waals surface area contributed by atoms with E-state index in [-0.39, 0.29) is 5.91 Å². The Balaban J connectivity index is 1.53. The zero-order valence-electron chi connectivity index (χ0n) is 13.3. The van der Waals surface area contributed by atoms with Gasteiger partial charge in [0.2, 0.25) is 5.91 Å². The van der Waals surface area contributed by atoms with E-state index in [1.54, 1.807) is 0 Å². The molecule has 1 aromatic rings. The SMILES string of the molecule is Nc1ccc(CC(=O)N2CCCN(C3CCCC3)CC2)cc1. The van der Waals surface area contributed by atoms with Gasteiger partial charge in [-0.2, -0.15) is 0 Å². The maximum Gasteiger partial charge on any atom is 0.227 e. The van der Waals surface area contributed by atoms with Gasteiger partial charge >= 0.3 is 0 Å². The molecule has 0 bridgehead atoms. The lowest BCUT2D eigenvalue weighted by Crippen LogP contribution is -2.38. The molecule has 0 spiro atoms. The molecule has 2 N–H and O–H groups in total. The van der Waals surface area contributed by atoms with Gasteiger partial charge in [-0.3, -0.25) is 9.69 Å². The Morgan fingerprint density at radius 2 is 1.73 bits per heavy atom. The summed E-state index contributed by atoms with van der Waals surface area (Å²) in [5.74, 6) is 0.248. The van der Waals surface area contributed by atoms with Crippen LogP contribution in [0.15, 0.2) is 24.3 Å². The van der Waals surface area contributed by atoms with Gasteiger partial charge < -0.3 is 10.6 Å². The average molecular weight is 301 g/mol. The molecule has 22 heavy (non-hydrogen) atoms. The van der Waals surface area contributed by atoms with E-state index in [0.29, 0.717) is 6.42 Å². The number of nitrogen functional groups attached to an aromatic ring is 1. The molecule has 2 aliphatic rings. The summed E-state index contributed by atoms with van der Waals surface area (Å²) >= 11 is 0. The van der Waals surface area contributed by atoms with Crippen molar-refractivity contribution in [3.63, 3.8) is 0 Å². The average Bonchev–Trinajstić information content (AvgIpc) is 2.94. The molecule has 4 nitrogen and oxygen atoms in total. The Morgan fingerprint density at radius 3 is 2.45 bits per heavy atom. The highest BCUT2D eigenvalue weighted by atomic mass is 16.2. The molecule has 0 unspecified atom stereocenters. The molecule has 1 amide bonds. The molecular weight excluding hydrogens is 274 g/mol. The van der Waals surface area contributed by atoms with Crippen LogP contribution in [0.25, 0.3) is 0 Å². The minimum Gasteiger partial charge on any atom is -0.399 e. The molecule has 3 rings (SSSR count). The summed E-state index contributed by atoms with van der Waals surface area (Å²) in [6.07, 6.45) is 7.04. The molecule has 120 valence electrons.